The fourth-order valence-corrected chi connectivity index (χ4v) is 2.23. The highest BCUT2D eigenvalue weighted by atomic mass is 16.5. The average molecular weight is 361 g/mol. The van der Waals surface area contributed by atoms with Crippen LogP contribution in [0.2, 0.25) is 0 Å². The highest BCUT2D eigenvalue weighted by Crippen LogP contribution is 2.23. The summed E-state index contributed by atoms with van der Waals surface area (Å²) < 4.78 is 10.2. The molecule has 0 unspecified atom stereocenters. The molecule has 2 aromatic rings. The van der Waals surface area contributed by atoms with Crippen LogP contribution in [-0.4, -0.2) is 34.2 Å². The molecule has 0 atom stereocenters. The van der Waals surface area contributed by atoms with Crippen molar-refractivity contribution < 1.29 is 24.0 Å². The molecule has 2 N–H and O–H groups in total. The Morgan fingerprint density at radius 3 is 2.62 bits per heavy atom. The number of carboxylic acids is 1. The van der Waals surface area contributed by atoms with Crippen molar-refractivity contribution >= 4 is 17.6 Å². The summed E-state index contributed by atoms with van der Waals surface area (Å²) in [5.74, 6) is 0.0632. The van der Waals surface area contributed by atoms with Gasteiger partial charge in [0, 0.05) is 30.0 Å². The molecule has 1 heterocycles. The van der Waals surface area contributed by atoms with E-state index in [2.05, 4.69) is 15.5 Å². The second kappa shape index (κ2) is 7.99. The third-order valence-corrected chi connectivity index (χ3v) is 3.65. The molecule has 8 heteroatoms. The van der Waals surface area contributed by atoms with Gasteiger partial charge >= 0.3 is 5.97 Å². The van der Waals surface area contributed by atoms with Crippen LogP contribution in [0.5, 0.6) is 5.75 Å². The zero-order valence-corrected chi connectivity index (χ0v) is 15.3. The summed E-state index contributed by atoms with van der Waals surface area (Å²) in [6, 6.07) is 4.40. The Labute approximate surface area is 151 Å². The first kappa shape index (κ1) is 19.4. The number of amides is 1. The minimum atomic E-state index is -1.09. The van der Waals surface area contributed by atoms with Crippen molar-refractivity contribution in [1.82, 2.24) is 10.1 Å². The first-order chi connectivity index (χ1) is 12.2. The minimum Gasteiger partial charge on any atom is -0.496 e. The molecule has 0 radical (unpaired) electrons. The summed E-state index contributed by atoms with van der Waals surface area (Å²) in [6.45, 7) is 6.00. The van der Waals surface area contributed by atoms with Gasteiger partial charge in [-0.05, 0) is 18.6 Å². The Bertz CT molecular complexity index is 792. The monoisotopic (exact) mass is 361 g/mol. The van der Waals surface area contributed by atoms with E-state index in [1.54, 1.807) is 0 Å². The molecule has 1 aromatic carbocycles. The van der Waals surface area contributed by atoms with Crippen molar-refractivity contribution in [1.29, 1.82) is 0 Å². The maximum atomic E-state index is 12.1. The minimum absolute atomic E-state index is 0.0385. The van der Waals surface area contributed by atoms with Crippen molar-refractivity contribution in [3.05, 3.63) is 35.5 Å². The van der Waals surface area contributed by atoms with Crippen LogP contribution < -0.4 is 10.1 Å². The summed E-state index contributed by atoms with van der Waals surface area (Å²) in [6.07, 6.45) is 1.34. The van der Waals surface area contributed by atoms with E-state index < -0.39 is 5.97 Å². The molecule has 1 aromatic heterocycles. The van der Waals surface area contributed by atoms with Gasteiger partial charge in [-0.1, -0.05) is 25.9 Å². The van der Waals surface area contributed by atoms with Crippen LogP contribution in [0.15, 0.2) is 22.7 Å². The molecular formula is C18H23N3O5. The maximum absolute atomic E-state index is 12.1. The number of carbonyl (C=O) groups excluding carboxylic acids is 1. The molecule has 0 bridgehead atoms. The summed E-state index contributed by atoms with van der Waals surface area (Å²) in [7, 11) is 1.38. The van der Waals surface area contributed by atoms with Gasteiger partial charge < -0.3 is 19.7 Å². The Hall–Kier alpha value is -2.90. The fourth-order valence-electron chi connectivity index (χ4n) is 2.23. The van der Waals surface area contributed by atoms with E-state index in [-0.39, 0.29) is 29.1 Å². The van der Waals surface area contributed by atoms with Crippen LogP contribution in [0.4, 0.5) is 5.69 Å². The number of carbonyl (C=O) groups is 2. The van der Waals surface area contributed by atoms with Crippen LogP contribution in [0.3, 0.4) is 0 Å². The van der Waals surface area contributed by atoms with Gasteiger partial charge in [0.25, 0.3) is 0 Å². The molecule has 0 saturated heterocycles. The Morgan fingerprint density at radius 2 is 2.04 bits per heavy atom. The number of aryl methyl sites for hydroxylation is 1. The molecule has 140 valence electrons. The number of ether oxygens (including phenoxy) is 1. The van der Waals surface area contributed by atoms with Crippen LogP contribution in [0.25, 0.3) is 0 Å². The molecule has 0 fully saturated rings. The predicted molar refractivity (Wildman–Crippen MR) is 94.5 cm³/mol. The summed E-state index contributed by atoms with van der Waals surface area (Å²) in [5.41, 5.74) is 0.335. The zero-order valence-electron chi connectivity index (χ0n) is 15.3. The molecule has 0 aliphatic heterocycles. The third kappa shape index (κ3) is 5.05. The zero-order chi connectivity index (χ0) is 19.3. The van der Waals surface area contributed by atoms with E-state index in [1.165, 1.54) is 25.3 Å². The summed E-state index contributed by atoms with van der Waals surface area (Å²) in [4.78, 5) is 27.4. The van der Waals surface area contributed by atoms with E-state index in [4.69, 9.17) is 14.4 Å². The number of nitrogens with zero attached hydrogens (tertiary/aromatic N) is 2. The van der Waals surface area contributed by atoms with E-state index in [1.807, 2.05) is 20.8 Å². The Morgan fingerprint density at radius 1 is 1.31 bits per heavy atom. The SMILES string of the molecule is COc1cc(NC(=O)CCCc2nc(C(C)(C)C)no2)ccc1C(=O)O. The lowest BCUT2D eigenvalue weighted by atomic mass is 9.96. The van der Waals surface area contributed by atoms with Crippen LogP contribution in [0, 0.1) is 0 Å². The van der Waals surface area contributed by atoms with Gasteiger partial charge in [0.15, 0.2) is 5.82 Å². The lowest BCUT2D eigenvalue weighted by Gasteiger charge is -2.10. The first-order valence-corrected chi connectivity index (χ1v) is 8.25. The largest absolute Gasteiger partial charge is 0.496 e. The number of methoxy groups -OCH3 is 1. The van der Waals surface area contributed by atoms with Gasteiger partial charge in [-0.15, -0.1) is 0 Å². The second-order valence-electron chi connectivity index (χ2n) is 6.88. The predicted octanol–water partition coefficient (Wildman–Crippen LogP) is 3.04. The third-order valence-electron chi connectivity index (χ3n) is 3.65. The topological polar surface area (TPSA) is 115 Å². The number of aromatic nitrogens is 2. The number of nitrogens with one attached hydrogen (secondary N) is 1. The molecule has 26 heavy (non-hydrogen) atoms. The van der Waals surface area contributed by atoms with Gasteiger partial charge in [0.05, 0.1) is 7.11 Å². The number of rotatable bonds is 7. The Balaban J connectivity index is 1.87. The summed E-state index contributed by atoms with van der Waals surface area (Å²) >= 11 is 0. The highest BCUT2D eigenvalue weighted by molar-refractivity contribution is 5.94. The van der Waals surface area contributed by atoms with E-state index in [0.717, 1.165) is 0 Å². The van der Waals surface area contributed by atoms with Gasteiger partial charge in [0.2, 0.25) is 11.8 Å². The molecule has 0 saturated carbocycles. The van der Waals surface area contributed by atoms with Crippen LogP contribution in [0.1, 0.15) is 55.7 Å². The standard InChI is InChI=1S/C18H23N3O5/c1-18(2,3)17-20-15(26-21-17)7-5-6-14(22)19-11-8-9-12(16(23)24)13(10-11)25-4/h8-10H,5-7H2,1-4H3,(H,19,22)(H,23,24). The van der Waals surface area contributed by atoms with Crippen LogP contribution >= 0.6 is 0 Å². The number of anilines is 1. The van der Waals surface area contributed by atoms with Crippen LogP contribution in [-0.2, 0) is 16.6 Å². The quantitative estimate of drug-likeness (QED) is 0.779. The van der Waals surface area contributed by atoms with E-state index in [0.29, 0.717) is 30.2 Å². The average Bonchev–Trinajstić information content (AvgIpc) is 3.03. The van der Waals surface area contributed by atoms with Crippen molar-refractivity contribution in [2.24, 2.45) is 0 Å². The molecular weight excluding hydrogens is 338 g/mol. The lowest BCUT2D eigenvalue weighted by Crippen LogP contribution is -2.13. The smallest absolute Gasteiger partial charge is 0.339 e. The van der Waals surface area contributed by atoms with Crippen molar-refractivity contribution in [3.63, 3.8) is 0 Å². The second-order valence-corrected chi connectivity index (χ2v) is 6.88. The van der Waals surface area contributed by atoms with Gasteiger partial charge in [0.1, 0.15) is 11.3 Å². The fraction of sp³-hybridized carbons (Fsp3) is 0.444. The van der Waals surface area contributed by atoms with Gasteiger partial charge in [-0.25, -0.2) is 4.79 Å². The summed E-state index contributed by atoms with van der Waals surface area (Å²) in [5, 5.41) is 15.7. The lowest BCUT2D eigenvalue weighted by molar-refractivity contribution is -0.116. The molecule has 1 amide bonds. The van der Waals surface area contributed by atoms with Gasteiger partial charge in [-0.2, -0.15) is 4.98 Å². The van der Waals surface area contributed by atoms with Gasteiger partial charge in [-0.3, -0.25) is 4.79 Å². The first-order valence-electron chi connectivity index (χ1n) is 8.25. The molecule has 0 aliphatic rings. The van der Waals surface area contributed by atoms with Crippen molar-refractivity contribution in [3.8, 4) is 5.75 Å². The van der Waals surface area contributed by atoms with Crippen molar-refractivity contribution in [2.45, 2.75) is 45.4 Å². The molecule has 0 spiro atoms. The normalized spacial score (nSPS) is 11.2. The van der Waals surface area contributed by atoms with E-state index in [9.17, 15) is 9.59 Å². The number of benzene rings is 1. The molecule has 2 rings (SSSR count). The highest BCUT2D eigenvalue weighted by Gasteiger charge is 2.20. The number of aromatic carboxylic acids is 1. The molecule has 8 nitrogen and oxygen atoms in total. The number of carboxylic acid groups (broad SMARTS) is 1. The van der Waals surface area contributed by atoms with Crippen molar-refractivity contribution in [2.75, 3.05) is 12.4 Å². The maximum Gasteiger partial charge on any atom is 0.339 e. The Kier molecular flexibility index (Phi) is 5.97. The van der Waals surface area contributed by atoms with E-state index >= 15 is 0 Å². The number of hydrogen-bond donors (Lipinski definition) is 2. The molecule has 0 aliphatic carbocycles. The number of hydrogen-bond acceptors (Lipinski definition) is 6.